The molecule has 12 nitrogen and oxygen atoms in total. The maximum absolute atomic E-state index is 11.6. The minimum Gasteiger partial charge on any atom is -0.493 e. The second kappa shape index (κ2) is 10.5. The van der Waals surface area contributed by atoms with E-state index < -0.39 is 5.69 Å². The lowest BCUT2D eigenvalue weighted by Crippen LogP contribution is -2.38. The van der Waals surface area contributed by atoms with Crippen LogP contribution in [0.25, 0.3) is 11.7 Å². The van der Waals surface area contributed by atoms with Crippen LogP contribution >= 0.6 is 11.6 Å². The molecular formula is C25H27ClN8O4. The van der Waals surface area contributed by atoms with E-state index >= 15 is 0 Å². The number of aromatic amines is 2. The fourth-order valence-electron chi connectivity index (χ4n) is 4.23. The predicted octanol–water partition coefficient (Wildman–Crippen LogP) is 1.17. The summed E-state index contributed by atoms with van der Waals surface area (Å²) >= 11 is 6.71. The normalized spacial score (nSPS) is 17.4. The Kier molecular flexibility index (Phi) is 6.75. The number of morpholine rings is 1. The molecule has 1 saturated carbocycles. The van der Waals surface area contributed by atoms with Crippen LogP contribution in [0.3, 0.4) is 0 Å². The number of anilines is 2. The monoisotopic (exact) mass is 538 g/mol. The quantitative estimate of drug-likeness (QED) is 0.261. The number of fused-ring (bicyclic) bond motifs is 1. The number of rotatable bonds is 8. The number of H-pyrrole nitrogens is 2. The number of benzene rings is 1. The van der Waals surface area contributed by atoms with Crippen LogP contribution in [-0.2, 0) is 4.74 Å². The molecular weight excluding hydrogens is 512 g/mol. The second-order valence-electron chi connectivity index (χ2n) is 9.23. The van der Waals surface area contributed by atoms with Gasteiger partial charge in [-0.1, -0.05) is 17.7 Å². The van der Waals surface area contributed by atoms with Gasteiger partial charge in [0.1, 0.15) is 28.9 Å². The molecule has 2 fully saturated rings. The minimum atomic E-state index is -0.508. The van der Waals surface area contributed by atoms with Gasteiger partial charge in [0, 0.05) is 30.9 Å². The highest BCUT2D eigenvalue weighted by molar-refractivity contribution is 6.34. The number of aromatic hydroxyl groups is 1. The Morgan fingerprint density at radius 2 is 2.13 bits per heavy atom. The molecule has 1 saturated heterocycles. The summed E-state index contributed by atoms with van der Waals surface area (Å²) < 4.78 is 13.0. The number of aromatic nitrogens is 5. The summed E-state index contributed by atoms with van der Waals surface area (Å²) in [6.07, 6.45) is 5.27. The lowest BCUT2D eigenvalue weighted by molar-refractivity contribution is 0.0322. The first-order valence-electron chi connectivity index (χ1n) is 12.5. The van der Waals surface area contributed by atoms with Crippen molar-refractivity contribution < 1.29 is 14.6 Å². The first kappa shape index (κ1) is 24.5. The molecule has 0 radical (unpaired) electrons. The Balaban J connectivity index is 1.30. The largest absolute Gasteiger partial charge is 0.493 e. The standard InChI is InChI=1S/C25H27ClN8O4/c26-22-17(2-1-3-19(22)38-11-8-33-6-9-37-10-7-33)29-20-13-21(28-16-4-5-16)34-23(31-20)15(14-27-34)12-18-24(35)32-25(36)30-18/h1-3,12-14,16,29,35H,4-11H2,(H2,30,32,36). The van der Waals surface area contributed by atoms with Gasteiger partial charge in [-0.15, -0.1) is 0 Å². The molecule has 0 bridgehead atoms. The topological polar surface area (TPSA) is 145 Å². The van der Waals surface area contributed by atoms with Gasteiger partial charge in [-0.2, -0.15) is 9.61 Å². The Labute approximate surface area is 221 Å². The third-order valence-corrected chi connectivity index (χ3v) is 6.76. The predicted molar refractivity (Wildman–Crippen MR) is 141 cm³/mol. The van der Waals surface area contributed by atoms with E-state index in [-0.39, 0.29) is 17.6 Å². The first-order chi connectivity index (χ1) is 18.5. The zero-order valence-corrected chi connectivity index (χ0v) is 21.2. The van der Waals surface area contributed by atoms with Gasteiger partial charge in [0.25, 0.3) is 0 Å². The molecule has 0 atom stereocenters. The van der Waals surface area contributed by atoms with Crippen LogP contribution < -0.4 is 26.4 Å². The van der Waals surface area contributed by atoms with Crippen LogP contribution in [0.4, 0.5) is 11.5 Å². The van der Waals surface area contributed by atoms with E-state index in [4.69, 9.17) is 31.1 Å². The average Bonchev–Trinajstić information content (AvgIpc) is 3.55. The Bertz CT molecular complexity index is 1640. The first-order valence-corrected chi connectivity index (χ1v) is 12.9. The Morgan fingerprint density at radius 1 is 1.29 bits per heavy atom. The van der Waals surface area contributed by atoms with Gasteiger partial charge in [0.2, 0.25) is 5.88 Å². The molecule has 13 heteroatoms. The average molecular weight is 539 g/mol. The molecule has 0 spiro atoms. The fourth-order valence-corrected chi connectivity index (χ4v) is 4.45. The minimum absolute atomic E-state index is 0.232. The van der Waals surface area contributed by atoms with E-state index in [1.807, 2.05) is 24.3 Å². The van der Waals surface area contributed by atoms with E-state index in [1.54, 1.807) is 16.8 Å². The third-order valence-electron chi connectivity index (χ3n) is 6.37. The lowest BCUT2D eigenvalue weighted by Gasteiger charge is -2.26. The van der Waals surface area contributed by atoms with Gasteiger partial charge in [0.05, 0.1) is 31.1 Å². The fraction of sp³-hybridized carbons (Fsp3) is 0.360. The molecule has 1 aromatic carbocycles. The van der Waals surface area contributed by atoms with E-state index in [0.29, 0.717) is 45.2 Å². The third kappa shape index (κ3) is 5.37. The molecule has 1 aliphatic carbocycles. The van der Waals surface area contributed by atoms with Crippen LogP contribution in [0.2, 0.25) is 5.02 Å². The number of imidazole rings is 1. The second-order valence-corrected chi connectivity index (χ2v) is 9.60. The summed E-state index contributed by atoms with van der Waals surface area (Å²) in [5.41, 5.74) is 1.51. The number of nitrogens with one attached hydrogen (secondary N) is 3. The van der Waals surface area contributed by atoms with Crippen LogP contribution in [-0.4, -0.2) is 80.1 Å². The highest BCUT2D eigenvalue weighted by Crippen LogP contribution is 2.33. The lowest BCUT2D eigenvalue weighted by atomic mass is 10.3. The van der Waals surface area contributed by atoms with Crippen molar-refractivity contribution in [3.8, 4) is 11.6 Å². The van der Waals surface area contributed by atoms with Gasteiger partial charge in [0.15, 0.2) is 11.1 Å². The number of halogens is 1. The van der Waals surface area contributed by atoms with Crippen molar-refractivity contribution in [2.75, 3.05) is 44.8 Å². The van der Waals surface area contributed by atoms with Crippen molar-refractivity contribution in [1.29, 1.82) is 0 Å². The summed E-state index contributed by atoms with van der Waals surface area (Å²) in [5.74, 6) is 0.842. The van der Waals surface area contributed by atoms with Crippen molar-refractivity contribution in [3.05, 3.63) is 62.4 Å². The van der Waals surface area contributed by atoms with Crippen LogP contribution in [0.15, 0.2) is 40.2 Å². The van der Waals surface area contributed by atoms with E-state index in [9.17, 15) is 9.90 Å². The van der Waals surface area contributed by atoms with Crippen molar-refractivity contribution >= 4 is 34.8 Å². The molecule has 4 N–H and O–H groups in total. The van der Waals surface area contributed by atoms with Crippen molar-refractivity contribution in [2.24, 2.45) is 4.99 Å². The summed E-state index contributed by atoms with van der Waals surface area (Å²) in [4.78, 5) is 28.2. The smallest absolute Gasteiger partial charge is 0.326 e. The highest BCUT2D eigenvalue weighted by atomic mass is 35.5. The number of hydrogen-bond donors (Lipinski definition) is 4. The molecule has 4 heterocycles. The van der Waals surface area contributed by atoms with Crippen LogP contribution in [0, 0.1) is 0 Å². The number of nitrogens with zero attached hydrogens (tertiary/aromatic N) is 5. The molecule has 6 rings (SSSR count). The van der Waals surface area contributed by atoms with Gasteiger partial charge in [-0.25, -0.2) is 9.78 Å². The Morgan fingerprint density at radius 3 is 2.89 bits per heavy atom. The van der Waals surface area contributed by atoms with Crippen molar-refractivity contribution in [3.63, 3.8) is 0 Å². The maximum Gasteiger partial charge on any atom is 0.326 e. The molecule has 2 aliphatic rings. The highest BCUT2D eigenvalue weighted by Gasteiger charge is 2.20. The van der Waals surface area contributed by atoms with Gasteiger partial charge >= 0.3 is 5.69 Å². The van der Waals surface area contributed by atoms with E-state index in [2.05, 4.69) is 25.3 Å². The van der Waals surface area contributed by atoms with Gasteiger partial charge < -0.3 is 24.9 Å². The molecule has 0 amide bonds. The van der Waals surface area contributed by atoms with Gasteiger partial charge in [-0.3, -0.25) is 14.9 Å². The van der Waals surface area contributed by atoms with Crippen LogP contribution in [0.5, 0.6) is 11.6 Å². The van der Waals surface area contributed by atoms with E-state index in [1.165, 1.54) is 0 Å². The number of hydrogen-bond acceptors (Lipinski definition) is 9. The SMILES string of the molecule is O=c1[nH]c(O)c(C=c2cnn3c(=NC4CC4)cc(Nc4cccc(OCCN5CCOCC5)c4Cl)nc23)[nH]1. The zero-order valence-electron chi connectivity index (χ0n) is 20.5. The molecule has 198 valence electrons. The van der Waals surface area contributed by atoms with Crippen LogP contribution in [0.1, 0.15) is 18.5 Å². The molecule has 0 unspecified atom stereocenters. The molecule has 38 heavy (non-hydrogen) atoms. The molecule has 4 aromatic rings. The summed E-state index contributed by atoms with van der Waals surface area (Å²) in [6.45, 7) is 4.59. The summed E-state index contributed by atoms with van der Waals surface area (Å²) in [5, 5.41) is 18.8. The molecule has 3 aromatic heterocycles. The van der Waals surface area contributed by atoms with Crippen molar-refractivity contribution in [1.82, 2.24) is 29.5 Å². The van der Waals surface area contributed by atoms with Gasteiger partial charge in [-0.05, 0) is 31.1 Å². The summed E-state index contributed by atoms with van der Waals surface area (Å²) in [7, 11) is 0. The number of ether oxygens (including phenoxy) is 2. The molecule has 1 aliphatic heterocycles. The Hall–Kier alpha value is -3.87. The summed E-state index contributed by atoms with van der Waals surface area (Å²) in [6, 6.07) is 7.63. The maximum atomic E-state index is 11.6. The van der Waals surface area contributed by atoms with Crippen molar-refractivity contribution in [2.45, 2.75) is 18.9 Å². The van der Waals surface area contributed by atoms with E-state index in [0.717, 1.165) is 45.7 Å². The zero-order chi connectivity index (χ0) is 26.1.